The predicted octanol–water partition coefficient (Wildman–Crippen LogP) is 3.54. The number of carbonyl (C=O) groups is 1. The first-order chi connectivity index (χ1) is 15.0. The van der Waals surface area contributed by atoms with Gasteiger partial charge >= 0.3 is 0 Å². The summed E-state index contributed by atoms with van der Waals surface area (Å²) in [6.45, 7) is -0.0468. The van der Waals surface area contributed by atoms with Gasteiger partial charge in [-0.1, -0.05) is 12.1 Å². The first-order valence-electron chi connectivity index (χ1n) is 9.22. The Labute approximate surface area is 175 Å². The Balaban J connectivity index is 1.59. The van der Waals surface area contributed by atoms with Gasteiger partial charge in [0.25, 0.3) is 11.6 Å². The lowest BCUT2D eigenvalue weighted by atomic mass is 10.2. The highest BCUT2D eigenvalue weighted by Gasteiger charge is 2.17. The molecule has 0 aliphatic heterocycles. The summed E-state index contributed by atoms with van der Waals surface area (Å²) in [5.41, 5.74) is 1.80. The van der Waals surface area contributed by atoms with E-state index in [1.165, 1.54) is 24.3 Å². The molecule has 4 aromatic rings. The maximum atomic E-state index is 13.2. The molecule has 0 aliphatic carbocycles. The standard InChI is InChI=1S/C21H16FN5O4/c22-15-3-1-14(2-4-15)12-26-19-6-5-17(27(29)30)11-18(19)21(25-26)31-13-20(28)24-16-7-9-23-10-8-16/h1-11H,12-13H2,(H,23,24,28). The minimum absolute atomic E-state index is 0.0886. The molecule has 1 amide bonds. The summed E-state index contributed by atoms with van der Waals surface area (Å²) in [7, 11) is 0. The van der Waals surface area contributed by atoms with Crippen molar-refractivity contribution in [1.82, 2.24) is 14.8 Å². The van der Waals surface area contributed by atoms with E-state index in [1.807, 2.05) is 0 Å². The van der Waals surface area contributed by atoms with Crippen molar-refractivity contribution in [2.45, 2.75) is 6.54 Å². The lowest BCUT2D eigenvalue weighted by molar-refractivity contribution is -0.384. The smallest absolute Gasteiger partial charge is 0.270 e. The van der Waals surface area contributed by atoms with E-state index in [4.69, 9.17) is 4.74 Å². The first kappa shape index (κ1) is 20.0. The summed E-state index contributed by atoms with van der Waals surface area (Å²) >= 11 is 0. The molecule has 156 valence electrons. The van der Waals surface area contributed by atoms with Crippen molar-refractivity contribution in [3.05, 3.63) is 88.5 Å². The van der Waals surface area contributed by atoms with E-state index in [-0.39, 0.29) is 24.0 Å². The number of benzene rings is 2. The predicted molar refractivity (Wildman–Crippen MR) is 110 cm³/mol. The van der Waals surface area contributed by atoms with E-state index in [0.717, 1.165) is 5.56 Å². The average Bonchev–Trinajstić information content (AvgIpc) is 3.11. The molecule has 9 nitrogen and oxygen atoms in total. The topological polar surface area (TPSA) is 112 Å². The minimum Gasteiger partial charge on any atom is -0.466 e. The van der Waals surface area contributed by atoms with Gasteiger partial charge in [-0.15, -0.1) is 5.10 Å². The molecule has 0 atom stereocenters. The summed E-state index contributed by atoms with van der Waals surface area (Å²) in [6.07, 6.45) is 3.08. The number of amides is 1. The van der Waals surface area contributed by atoms with Crippen LogP contribution < -0.4 is 10.1 Å². The maximum absolute atomic E-state index is 13.2. The van der Waals surface area contributed by atoms with Gasteiger partial charge in [-0.25, -0.2) is 4.39 Å². The van der Waals surface area contributed by atoms with Crippen LogP contribution in [0.1, 0.15) is 5.56 Å². The van der Waals surface area contributed by atoms with Gasteiger partial charge in [0.1, 0.15) is 5.82 Å². The molecule has 1 N–H and O–H groups in total. The second-order valence-corrected chi connectivity index (χ2v) is 6.62. The molecule has 0 saturated heterocycles. The molecule has 4 rings (SSSR count). The quantitative estimate of drug-likeness (QED) is 0.361. The third-order valence-electron chi connectivity index (χ3n) is 4.46. The van der Waals surface area contributed by atoms with Crippen molar-refractivity contribution in [2.24, 2.45) is 0 Å². The number of nitro groups is 1. The van der Waals surface area contributed by atoms with Crippen LogP contribution in [0.25, 0.3) is 10.9 Å². The summed E-state index contributed by atoms with van der Waals surface area (Å²) in [6, 6.07) is 13.5. The summed E-state index contributed by atoms with van der Waals surface area (Å²) in [4.78, 5) is 26.7. The Hall–Kier alpha value is -4.34. The number of hydrogen-bond donors (Lipinski definition) is 1. The van der Waals surface area contributed by atoms with Crippen LogP contribution in [-0.4, -0.2) is 32.2 Å². The van der Waals surface area contributed by atoms with E-state index in [0.29, 0.717) is 23.1 Å². The van der Waals surface area contributed by atoms with Crippen LogP contribution in [0.5, 0.6) is 5.88 Å². The molecule has 31 heavy (non-hydrogen) atoms. The highest BCUT2D eigenvalue weighted by Crippen LogP contribution is 2.29. The van der Waals surface area contributed by atoms with E-state index >= 15 is 0 Å². The van der Waals surface area contributed by atoms with Crippen molar-refractivity contribution < 1.29 is 18.8 Å². The zero-order valence-corrected chi connectivity index (χ0v) is 16.1. The maximum Gasteiger partial charge on any atom is 0.270 e. The van der Waals surface area contributed by atoms with Crippen LogP contribution >= 0.6 is 0 Å². The first-order valence-corrected chi connectivity index (χ1v) is 9.22. The number of rotatable bonds is 7. The van der Waals surface area contributed by atoms with Gasteiger partial charge in [0.2, 0.25) is 5.88 Å². The molecule has 0 unspecified atom stereocenters. The number of fused-ring (bicyclic) bond motifs is 1. The van der Waals surface area contributed by atoms with Crippen LogP contribution in [-0.2, 0) is 11.3 Å². The number of aromatic nitrogens is 3. The highest BCUT2D eigenvalue weighted by molar-refractivity contribution is 5.92. The third-order valence-corrected chi connectivity index (χ3v) is 4.46. The van der Waals surface area contributed by atoms with Crippen LogP contribution in [0.15, 0.2) is 67.0 Å². The van der Waals surface area contributed by atoms with Gasteiger partial charge in [-0.2, -0.15) is 0 Å². The number of nitro benzene ring substituents is 1. The van der Waals surface area contributed by atoms with Crippen LogP contribution in [0.2, 0.25) is 0 Å². The van der Waals surface area contributed by atoms with Crippen molar-refractivity contribution in [2.75, 3.05) is 11.9 Å². The zero-order chi connectivity index (χ0) is 21.8. The number of pyridine rings is 1. The monoisotopic (exact) mass is 421 g/mol. The Morgan fingerprint density at radius 1 is 1.13 bits per heavy atom. The molecule has 0 spiro atoms. The van der Waals surface area contributed by atoms with Gasteiger partial charge in [0, 0.05) is 30.2 Å². The molecule has 0 saturated carbocycles. The number of anilines is 1. The zero-order valence-electron chi connectivity index (χ0n) is 16.1. The number of carbonyl (C=O) groups excluding carboxylic acids is 1. The van der Waals surface area contributed by atoms with Crippen molar-refractivity contribution in [3.8, 4) is 5.88 Å². The van der Waals surface area contributed by atoms with Crippen molar-refractivity contribution in [1.29, 1.82) is 0 Å². The molecule has 0 bridgehead atoms. The lowest BCUT2D eigenvalue weighted by Crippen LogP contribution is -2.20. The van der Waals surface area contributed by atoms with Gasteiger partial charge in [-0.3, -0.25) is 24.6 Å². The van der Waals surface area contributed by atoms with E-state index in [1.54, 1.807) is 47.4 Å². The average molecular weight is 421 g/mol. The molecule has 0 radical (unpaired) electrons. The molecule has 0 aliphatic rings. The lowest BCUT2D eigenvalue weighted by Gasteiger charge is -2.05. The molecule has 2 aromatic heterocycles. The summed E-state index contributed by atoms with van der Waals surface area (Å²) < 4.78 is 20.4. The van der Waals surface area contributed by atoms with Gasteiger partial charge in [-0.05, 0) is 35.9 Å². The number of nitrogens with zero attached hydrogens (tertiary/aromatic N) is 4. The number of ether oxygens (including phenoxy) is 1. The fourth-order valence-corrected chi connectivity index (χ4v) is 3.01. The highest BCUT2D eigenvalue weighted by atomic mass is 19.1. The molecular weight excluding hydrogens is 405 g/mol. The molecular formula is C21H16FN5O4. The van der Waals surface area contributed by atoms with Gasteiger partial charge < -0.3 is 10.1 Å². The largest absolute Gasteiger partial charge is 0.466 e. The Kier molecular flexibility index (Phi) is 5.52. The van der Waals surface area contributed by atoms with Crippen LogP contribution in [0.4, 0.5) is 15.8 Å². The molecule has 0 fully saturated rings. The van der Waals surface area contributed by atoms with Crippen molar-refractivity contribution >= 4 is 28.2 Å². The fraction of sp³-hybridized carbons (Fsp3) is 0.0952. The third kappa shape index (κ3) is 4.64. The summed E-state index contributed by atoms with van der Waals surface area (Å²) in [5, 5.41) is 18.6. The van der Waals surface area contributed by atoms with Crippen LogP contribution in [0.3, 0.4) is 0 Å². The Morgan fingerprint density at radius 2 is 1.87 bits per heavy atom. The molecule has 10 heteroatoms. The van der Waals surface area contributed by atoms with Gasteiger partial charge in [0.05, 0.1) is 22.4 Å². The van der Waals surface area contributed by atoms with Crippen molar-refractivity contribution in [3.63, 3.8) is 0 Å². The van der Waals surface area contributed by atoms with E-state index < -0.39 is 10.8 Å². The minimum atomic E-state index is -0.517. The summed E-state index contributed by atoms with van der Waals surface area (Å²) in [5.74, 6) is -0.683. The normalized spacial score (nSPS) is 10.7. The number of hydrogen-bond acceptors (Lipinski definition) is 6. The Morgan fingerprint density at radius 3 is 2.58 bits per heavy atom. The van der Waals surface area contributed by atoms with E-state index in [9.17, 15) is 19.3 Å². The second-order valence-electron chi connectivity index (χ2n) is 6.62. The van der Waals surface area contributed by atoms with E-state index in [2.05, 4.69) is 15.4 Å². The Bertz CT molecular complexity index is 1240. The fourth-order valence-electron chi connectivity index (χ4n) is 3.01. The van der Waals surface area contributed by atoms with Gasteiger partial charge in [0.15, 0.2) is 6.61 Å². The van der Waals surface area contributed by atoms with Crippen LogP contribution in [0, 0.1) is 15.9 Å². The number of halogens is 1. The molecule has 2 aromatic carbocycles. The number of nitrogens with one attached hydrogen (secondary N) is 1. The second kappa shape index (κ2) is 8.57. The SMILES string of the molecule is O=C(COc1nn(Cc2ccc(F)cc2)c2ccc([N+](=O)[O-])cc12)Nc1ccncc1. The molecule has 2 heterocycles. The number of non-ortho nitro benzene ring substituents is 1.